The zero-order valence-corrected chi connectivity index (χ0v) is 11.3. The van der Waals surface area contributed by atoms with Gasteiger partial charge in [0.15, 0.2) is 0 Å². The Kier molecular flexibility index (Phi) is 3.39. The van der Waals surface area contributed by atoms with E-state index in [2.05, 4.69) is 15.5 Å². The van der Waals surface area contributed by atoms with Gasteiger partial charge in [-0.1, -0.05) is 30.3 Å². The summed E-state index contributed by atoms with van der Waals surface area (Å²) in [6.07, 6.45) is 1.71. The van der Waals surface area contributed by atoms with Gasteiger partial charge in [0, 0.05) is 11.1 Å². The van der Waals surface area contributed by atoms with Gasteiger partial charge in [-0.15, -0.1) is 11.6 Å². The van der Waals surface area contributed by atoms with E-state index in [9.17, 15) is 4.79 Å². The van der Waals surface area contributed by atoms with Crippen LogP contribution in [0.2, 0.25) is 0 Å². The largest absolute Gasteiger partial charge is 0.324 e. The molecule has 100 valence electrons. The van der Waals surface area contributed by atoms with Crippen molar-refractivity contribution in [3.63, 3.8) is 0 Å². The van der Waals surface area contributed by atoms with E-state index in [0.29, 0.717) is 5.69 Å². The smallest absolute Gasteiger partial charge is 0.246 e. The van der Waals surface area contributed by atoms with E-state index in [1.165, 1.54) is 0 Å². The Morgan fingerprint density at radius 3 is 2.80 bits per heavy atom. The minimum atomic E-state index is -0.712. The average molecular weight is 286 g/mol. The standard InChI is InChI=1S/C15H12ClN3O/c16-14(10-4-2-1-3-5-10)15(20)18-12-6-7-13-11(8-12)9-17-19-13/h1-9,14H,(H,17,19)(H,18,20). The zero-order valence-electron chi connectivity index (χ0n) is 10.5. The van der Waals surface area contributed by atoms with Crippen molar-refractivity contribution in [3.8, 4) is 0 Å². The average Bonchev–Trinajstić information content (AvgIpc) is 2.95. The Balaban J connectivity index is 1.78. The molecule has 3 rings (SSSR count). The number of carbonyl (C=O) groups excluding carboxylic acids is 1. The number of amides is 1. The number of hydrogen-bond acceptors (Lipinski definition) is 2. The van der Waals surface area contributed by atoms with Crippen molar-refractivity contribution < 1.29 is 4.79 Å². The van der Waals surface area contributed by atoms with Crippen LogP contribution in [0.3, 0.4) is 0 Å². The van der Waals surface area contributed by atoms with E-state index in [0.717, 1.165) is 16.5 Å². The van der Waals surface area contributed by atoms with E-state index in [-0.39, 0.29) is 5.91 Å². The summed E-state index contributed by atoms with van der Waals surface area (Å²) >= 11 is 6.17. The number of rotatable bonds is 3. The van der Waals surface area contributed by atoms with Crippen molar-refractivity contribution >= 4 is 34.1 Å². The van der Waals surface area contributed by atoms with Gasteiger partial charge in [-0.05, 0) is 23.8 Å². The number of aromatic amines is 1. The fourth-order valence-corrected chi connectivity index (χ4v) is 2.20. The number of benzene rings is 2. The summed E-state index contributed by atoms with van der Waals surface area (Å²) in [5.74, 6) is -0.249. The molecule has 0 fully saturated rings. The summed E-state index contributed by atoms with van der Waals surface area (Å²) in [6, 6.07) is 14.8. The number of nitrogens with zero attached hydrogens (tertiary/aromatic N) is 1. The molecule has 2 aromatic carbocycles. The fourth-order valence-electron chi connectivity index (χ4n) is 2.00. The lowest BCUT2D eigenvalue weighted by Gasteiger charge is -2.10. The maximum Gasteiger partial charge on any atom is 0.246 e. The number of aromatic nitrogens is 2. The Labute approximate surface area is 120 Å². The summed E-state index contributed by atoms with van der Waals surface area (Å²) in [4.78, 5) is 12.1. The molecule has 5 heteroatoms. The molecule has 1 atom stereocenters. The van der Waals surface area contributed by atoms with Crippen LogP contribution in [0.4, 0.5) is 5.69 Å². The Morgan fingerprint density at radius 2 is 2.00 bits per heavy atom. The number of nitrogens with one attached hydrogen (secondary N) is 2. The summed E-state index contributed by atoms with van der Waals surface area (Å²) in [7, 11) is 0. The van der Waals surface area contributed by atoms with Crippen molar-refractivity contribution in [2.75, 3.05) is 5.32 Å². The zero-order chi connectivity index (χ0) is 13.9. The monoisotopic (exact) mass is 285 g/mol. The SMILES string of the molecule is O=C(Nc1ccc2[nH]ncc2c1)C(Cl)c1ccccc1. The van der Waals surface area contributed by atoms with Crippen molar-refractivity contribution in [1.29, 1.82) is 0 Å². The van der Waals surface area contributed by atoms with E-state index in [1.54, 1.807) is 6.20 Å². The molecule has 4 nitrogen and oxygen atoms in total. The Hall–Kier alpha value is -2.33. The number of halogens is 1. The number of H-pyrrole nitrogens is 1. The maximum atomic E-state index is 12.1. The molecule has 3 aromatic rings. The first-order valence-corrected chi connectivity index (χ1v) is 6.61. The van der Waals surface area contributed by atoms with Gasteiger partial charge in [-0.2, -0.15) is 5.10 Å². The lowest BCUT2D eigenvalue weighted by molar-refractivity contribution is -0.116. The minimum Gasteiger partial charge on any atom is -0.324 e. The molecule has 2 N–H and O–H groups in total. The molecule has 0 radical (unpaired) electrons. The van der Waals surface area contributed by atoms with Gasteiger partial charge in [0.25, 0.3) is 0 Å². The van der Waals surface area contributed by atoms with Gasteiger partial charge in [0.05, 0.1) is 11.7 Å². The number of carbonyl (C=O) groups is 1. The van der Waals surface area contributed by atoms with Crippen LogP contribution in [0.15, 0.2) is 54.7 Å². The number of hydrogen-bond donors (Lipinski definition) is 2. The molecule has 1 aromatic heterocycles. The van der Waals surface area contributed by atoms with Crippen molar-refractivity contribution in [3.05, 3.63) is 60.3 Å². The molecule has 0 saturated carbocycles. The van der Waals surface area contributed by atoms with Crippen LogP contribution in [0, 0.1) is 0 Å². The molecule has 1 heterocycles. The highest BCUT2D eigenvalue weighted by Gasteiger charge is 2.17. The molecular formula is C15H12ClN3O. The second-order valence-corrected chi connectivity index (χ2v) is 4.87. The van der Waals surface area contributed by atoms with Gasteiger partial charge in [-0.25, -0.2) is 0 Å². The molecule has 0 aliphatic rings. The lowest BCUT2D eigenvalue weighted by atomic mass is 10.1. The molecule has 0 saturated heterocycles. The highest BCUT2D eigenvalue weighted by atomic mass is 35.5. The van der Waals surface area contributed by atoms with E-state index >= 15 is 0 Å². The van der Waals surface area contributed by atoms with Gasteiger partial charge >= 0.3 is 0 Å². The first-order chi connectivity index (χ1) is 9.74. The predicted molar refractivity (Wildman–Crippen MR) is 79.8 cm³/mol. The normalized spacial score (nSPS) is 12.2. The second-order valence-electron chi connectivity index (χ2n) is 4.43. The highest BCUT2D eigenvalue weighted by Crippen LogP contribution is 2.23. The van der Waals surface area contributed by atoms with Gasteiger partial charge in [-0.3, -0.25) is 9.89 Å². The third-order valence-corrected chi connectivity index (χ3v) is 3.48. The first kappa shape index (κ1) is 12.7. The molecule has 1 unspecified atom stereocenters. The summed E-state index contributed by atoms with van der Waals surface area (Å²) < 4.78 is 0. The second kappa shape index (κ2) is 5.35. The summed E-state index contributed by atoms with van der Waals surface area (Å²) in [5, 5.41) is 9.84. The third-order valence-electron chi connectivity index (χ3n) is 3.03. The molecule has 0 spiro atoms. The summed E-state index contributed by atoms with van der Waals surface area (Å²) in [5.41, 5.74) is 2.40. The fraction of sp³-hybridized carbons (Fsp3) is 0.0667. The van der Waals surface area contributed by atoms with Gasteiger partial charge in [0.1, 0.15) is 5.38 Å². The molecular weight excluding hydrogens is 274 g/mol. The first-order valence-electron chi connectivity index (χ1n) is 6.17. The van der Waals surface area contributed by atoms with Gasteiger partial charge in [0.2, 0.25) is 5.91 Å². The number of alkyl halides is 1. The van der Waals surface area contributed by atoms with Crippen molar-refractivity contribution in [1.82, 2.24) is 10.2 Å². The van der Waals surface area contributed by atoms with Gasteiger partial charge < -0.3 is 5.32 Å². The lowest BCUT2D eigenvalue weighted by Crippen LogP contribution is -2.17. The van der Waals surface area contributed by atoms with Crippen LogP contribution in [0.5, 0.6) is 0 Å². The minimum absolute atomic E-state index is 0.249. The topological polar surface area (TPSA) is 57.8 Å². The maximum absolute atomic E-state index is 12.1. The van der Waals surface area contributed by atoms with Crippen molar-refractivity contribution in [2.45, 2.75) is 5.38 Å². The molecule has 0 aliphatic heterocycles. The van der Waals surface area contributed by atoms with Crippen LogP contribution < -0.4 is 5.32 Å². The van der Waals surface area contributed by atoms with Crippen LogP contribution in [0.25, 0.3) is 10.9 Å². The van der Waals surface area contributed by atoms with Crippen molar-refractivity contribution in [2.24, 2.45) is 0 Å². The van der Waals surface area contributed by atoms with Crippen LogP contribution in [0.1, 0.15) is 10.9 Å². The van der Waals surface area contributed by atoms with E-state index < -0.39 is 5.38 Å². The number of fused-ring (bicyclic) bond motifs is 1. The Bertz CT molecular complexity index is 739. The Morgan fingerprint density at radius 1 is 1.20 bits per heavy atom. The van der Waals surface area contributed by atoms with Crippen LogP contribution in [-0.2, 0) is 4.79 Å². The van der Waals surface area contributed by atoms with E-state index in [1.807, 2.05) is 48.5 Å². The predicted octanol–water partition coefficient (Wildman–Crippen LogP) is 3.48. The van der Waals surface area contributed by atoms with E-state index in [4.69, 9.17) is 11.6 Å². The quantitative estimate of drug-likeness (QED) is 0.724. The third kappa shape index (κ3) is 2.51. The number of anilines is 1. The highest BCUT2D eigenvalue weighted by molar-refractivity contribution is 6.32. The molecule has 20 heavy (non-hydrogen) atoms. The van der Waals surface area contributed by atoms with Crippen LogP contribution >= 0.6 is 11.6 Å². The molecule has 0 bridgehead atoms. The molecule has 0 aliphatic carbocycles. The molecule has 1 amide bonds. The summed E-state index contributed by atoms with van der Waals surface area (Å²) in [6.45, 7) is 0. The van der Waals surface area contributed by atoms with Crippen LogP contribution in [-0.4, -0.2) is 16.1 Å².